The number of halogens is 1. The van der Waals surface area contributed by atoms with E-state index in [0.717, 1.165) is 15.8 Å². The lowest BCUT2D eigenvalue weighted by atomic mass is 10.1. The van der Waals surface area contributed by atoms with Crippen molar-refractivity contribution in [3.8, 4) is 5.75 Å². The first-order valence-corrected chi connectivity index (χ1v) is 5.86. The lowest BCUT2D eigenvalue weighted by Crippen LogP contribution is -2.44. The molecule has 1 aliphatic heterocycles. The molecule has 4 nitrogen and oxygen atoms in total. The fourth-order valence-electron chi connectivity index (χ4n) is 1.73. The van der Waals surface area contributed by atoms with E-state index in [1.54, 1.807) is 7.11 Å². The maximum Gasteiger partial charge on any atom is 0.222 e. The van der Waals surface area contributed by atoms with Gasteiger partial charge in [-0.15, -0.1) is 0 Å². The van der Waals surface area contributed by atoms with Crippen LogP contribution in [0.1, 0.15) is 18.2 Å². The second-order valence-corrected chi connectivity index (χ2v) is 4.51. The monoisotopic (exact) mass is 284 g/mol. The number of carbonyl (C=O) groups excluding carboxylic acids is 1. The van der Waals surface area contributed by atoms with Crippen molar-refractivity contribution in [1.82, 2.24) is 10.6 Å². The molecule has 1 saturated heterocycles. The second-order valence-electron chi connectivity index (χ2n) is 3.59. The van der Waals surface area contributed by atoms with Crippen LogP contribution in [0.5, 0.6) is 5.75 Å². The summed E-state index contributed by atoms with van der Waals surface area (Å²) in [5, 5.41) is 6.12. The van der Waals surface area contributed by atoms with Gasteiger partial charge in [-0.2, -0.15) is 0 Å². The number of methoxy groups -OCH3 is 1. The van der Waals surface area contributed by atoms with E-state index in [1.807, 2.05) is 18.2 Å². The number of hydrogen-bond acceptors (Lipinski definition) is 3. The Labute approximate surface area is 102 Å². The molecular formula is C11H13BrN2O2. The van der Waals surface area contributed by atoms with Crippen molar-refractivity contribution in [2.75, 3.05) is 13.7 Å². The third kappa shape index (κ3) is 2.36. The third-order valence-corrected chi connectivity index (χ3v) is 3.00. The molecule has 0 aliphatic carbocycles. The summed E-state index contributed by atoms with van der Waals surface area (Å²) < 4.78 is 6.24. The molecule has 1 atom stereocenters. The molecule has 5 heteroatoms. The van der Waals surface area contributed by atoms with E-state index in [2.05, 4.69) is 26.6 Å². The predicted octanol–water partition coefficient (Wildman–Crippen LogP) is 1.57. The molecule has 1 aromatic carbocycles. The lowest BCUT2D eigenvalue weighted by molar-refractivity contribution is -0.123. The summed E-state index contributed by atoms with van der Waals surface area (Å²) in [6.07, 6.45) is 0.348. The van der Waals surface area contributed by atoms with Crippen LogP contribution >= 0.6 is 15.9 Å². The predicted molar refractivity (Wildman–Crippen MR) is 64.2 cm³/mol. The number of nitrogens with one attached hydrogen (secondary N) is 2. The second kappa shape index (κ2) is 4.84. The van der Waals surface area contributed by atoms with Crippen molar-refractivity contribution in [2.45, 2.75) is 12.6 Å². The molecular weight excluding hydrogens is 272 g/mol. The molecule has 0 bridgehead atoms. The highest BCUT2D eigenvalue weighted by Crippen LogP contribution is 2.28. The molecule has 0 saturated carbocycles. The molecule has 1 unspecified atom stereocenters. The largest absolute Gasteiger partial charge is 0.496 e. The highest BCUT2D eigenvalue weighted by Gasteiger charge is 2.21. The standard InChI is InChI=1S/C11H13BrN2O2/c1-16-9-3-2-7(12)6-8(9)11-13-5-4-10(15)14-11/h2-3,6,11,13H,4-5H2,1H3,(H,14,15). The summed E-state index contributed by atoms with van der Waals surface area (Å²) in [7, 11) is 1.62. The first kappa shape index (κ1) is 11.4. The van der Waals surface area contributed by atoms with Crippen LogP contribution in [0.25, 0.3) is 0 Å². The molecule has 2 N–H and O–H groups in total. The zero-order valence-corrected chi connectivity index (χ0v) is 10.5. The Hall–Kier alpha value is -1.07. The Morgan fingerprint density at radius 1 is 1.50 bits per heavy atom. The van der Waals surface area contributed by atoms with Gasteiger partial charge >= 0.3 is 0 Å². The summed E-state index contributed by atoms with van der Waals surface area (Å²) in [5.41, 5.74) is 0.935. The zero-order valence-electron chi connectivity index (χ0n) is 8.92. The summed E-state index contributed by atoms with van der Waals surface area (Å²) in [6, 6.07) is 5.73. The van der Waals surface area contributed by atoms with Crippen LogP contribution in [0.2, 0.25) is 0 Å². The van der Waals surface area contributed by atoms with E-state index in [-0.39, 0.29) is 12.1 Å². The van der Waals surface area contributed by atoms with E-state index in [4.69, 9.17) is 4.74 Å². The number of amides is 1. The van der Waals surface area contributed by atoms with Gasteiger partial charge in [-0.1, -0.05) is 15.9 Å². The molecule has 0 aromatic heterocycles. The number of ether oxygens (including phenoxy) is 1. The van der Waals surface area contributed by atoms with Gasteiger partial charge in [0.2, 0.25) is 5.91 Å². The summed E-state index contributed by atoms with van der Waals surface area (Å²) >= 11 is 3.41. The Morgan fingerprint density at radius 2 is 2.31 bits per heavy atom. The SMILES string of the molecule is COc1ccc(Br)cc1C1NCCC(=O)N1. The minimum Gasteiger partial charge on any atom is -0.496 e. The minimum atomic E-state index is -0.173. The van der Waals surface area contributed by atoms with Gasteiger partial charge in [0.05, 0.1) is 7.11 Å². The minimum absolute atomic E-state index is 0.0609. The van der Waals surface area contributed by atoms with Gasteiger partial charge in [-0.05, 0) is 18.2 Å². The Kier molecular flexibility index (Phi) is 3.46. The van der Waals surface area contributed by atoms with Gasteiger partial charge in [-0.25, -0.2) is 0 Å². The van der Waals surface area contributed by atoms with Crippen molar-refractivity contribution < 1.29 is 9.53 Å². The number of benzene rings is 1. The molecule has 2 rings (SSSR count). The van der Waals surface area contributed by atoms with Crippen LogP contribution < -0.4 is 15.4 Å². The highest BCUT2D eigenvalue weighted by molar-refractivity contribution is 9.10. The molecule has 1 aromatic rings. The van der Waals surface area contributed by atoms with Crippen LogP contribution in [-0.2, 0) is 4.79 Å². The van der Waals surface area contributed by atoms with Crippen molar-refractivity contribution in [3.05, 3.63) is 28.2 Å². The first-order chi connectivity index (χ1) is 7.70. The number of rotatable bonds is 2. The van der Waals surface area contributed by atoms with Crippen molar-refractivity contribution >= 4 is 21.8 Å². The Bertz CT molecular complexity index is 409. The zero-order chi connectivity index (χ0) is 11.5. The first-order valence-electron chi connectivity index (χ1n) is 5.07. The van der Waals surface area contributed by atoms with Gasteiger partial charge < -0.3 is 10.1 Å². The maximum atomic E-state index is 11.3. The fourth-order valence-corrected chi connectivity index (χ4v) is 2.11. The molecule has 1 aliphatic rings. The van der Waals surface area contributed by atoms with Crippen LogP contribution in [0, 0.1) is 0 Å². The lowest BCUT2D eigenvalue weighted by Gasteiger charge is -2.26. The summed E-state index contributed by atoms with van der Waals surface area (Å²) in [5.74, 6) is 0.827. The number of hydrogen-bond donors (Lipinski definition) is 2. The molecule has 1 heterocycles. The Balaban J connectivity index is 2.30. The van der Waals surface area contributed by atoms with Gasteiger partial charge in [0.1, 0.15) is 11.9 Å². The molecule has 0 spiro atoms. The van der Waals surface area contributed by atoms with Crippen LogP contribution in [0.4, 0.5) is 0 Å². The summed E-state index contributed by atoms with van der Waals surface area (Å²) in [4.78, 5) is 11.3. The van der Waals surface area contributed by atoms with Gasteiger partial charge in [0.15, 0.2) is 0 Å². The van der Waals surface area contributed by atoms with Crippen LogP contribution in [-0.4, -0.2) is 19.6 Å². The van der Waals surface area contributed by atoms with Crippen LogP contribution in [0.3, 0.4) is 0 Å². The molecule has 1 amide bonds. The van der Waals surface area contributed by atoms with E-state index < -0.39 is 0 Å². The van der Waals surface area contributed by atoms with Crippen LogP contribution in [0.15, 0.2) is 22.7 Å². The smallest absolute Gasteiger partial charge is 0.222 e. The third-order valence-electron chi connectivity index (χ3n) is 2.51. The van der Waals surface area contributed by atoms with Gasteiger partial charge in [0.25, 0.3) is 0 Å². The van der Waals surface area contributed by atoms with E-state index in [9.17, 15) is 4.79 Å². The molecule has 1 fully saturated rings. The Morgan fingerprint density at radius 3 is 3.00 bits per heavy atom. The molecule has 16 heavy (non-hydrogen) atoms. The maximum absolute atomic E-state index is 11.3. The van der Waals surface area contributed by atoms with E-state index >= 15 is 0 Å². The van der Waals surface area contributed by atoms with Crippen molar-refractivity contribution in [1.29, 1.82) is 0 Å². The van der Waals surface area contributed by atoms with Gasteiger partial charge in [0, 0.05) is 23.0 Å². The quantitative estimate of drug-likeness (QED) is 0.867. The highest BCUT2D eigenvalue weighted by atomic mass is 79.9. The molecule has 0 radical (unpaired) electrons. The van der Waals surface area contributed by atoms with Crippen molar-refractivity contribution in [2.24, 2.45) is 0 Å². The van der Waals surface area contributed by atoms with Gasteiger partial charge in [-0.3, -0.25) is 10.1 Å². The van der Waals surface area contributed by atoms with Crippen molar-refractivity contribution in [3.63, 3.8) is 0 Å². The van der Waals surface area contributed by atoms with E-state index in [0.29, 0.717) is 13.0 Å². The fraction of sp³-hybridized carbons (Fsp3) is 0.364. The summed E-state index contributed by atoms with van der Waals surface area (Å²) in [6.45, 7) is 0.687. The normalized spacial score (nSPS) is 20.4. The molecule has 86 valence electrons. The topological polar surface area (TPSA) is 50.4 Å². The average molecular weight is 285 g/mol. The average Bonchev–Trinajstić information content (AvgIpc) is 2.29. The number of carbonyl (C=O) groups is 1. The van der Waals surface area contributed by atoms with E-state index in [1.165, 1.54) is 0 Å².